The van der Waals surface area contributed by atoms with E-state index < -0.39 is 11.6 Å². The molecular weight excluding hydrogens is 512 g/mol. The molecule has 1 saturated carbocycles. The molecule has 0 bridgehead atoms. The van der Waals surface area contributed by atoms with E-state index >= 15 is 0 Å². The quantitative estimate of drug-likeness (QED) is 0.278. The molecule has 0 saturated heterocycles. The molecular formula is C29H28ClF2N3OS. The van der Waals surface area contributed by atoms with Gasteiger partial charge in [-0.25, -0.2) is 8.78 Å². The second kappa shape index (κ2) is 10.9. The van der Waals surface area contributed by atoms with E-state index in [1.54, 1.807) is 12.4 Å². The first-order valence-electron chi connectivity index (χ1n) is 12.4. The number of fused-ring (bicyclic) bond motifs is 1. The number of aryl methyl sites for hydroxylation is 1. The summed E-state index contributed by atoms with van der Waals surface area (Å²) in [6, 6.07) is 12.7. The van der Waals surface area contributed by atoms with Gasteiger partial charge in [0.25, 0.3) is 5.91 Å². The number of thiophene rings is 1. The second-order valence-corrected chi connectivity index (χ2v) is 11.0. The first-order valence-corrected chi connectivity index (χ1v) is 13.6. The Balaban J connectivity index is 1.54. The van der Waals surface area contributed by atoms with Crippen LogP contribution in [-0.4, -0.2) is 34.9 Å². The molecule has 1 fully saturated rings. The lowest BCUT2D eigenvalue weighted by Crippen LogP contribution is -2.44. The third-order valence-electron chi connectivity index (χ3n) is 7.39. The van der Waals surface area contributed by atoms with Gasteiger partial charge in [-0.05, 0) is 92.2 Å². The third-order valence-corrected chi connectivity index (χ3v) is 9.06. The van der Waals surface area contributed by atoms with Gasteiger partial charge in [-0.2, -0.15) is 0 Å². The van der Waals surface area contributed by atoms with Crippen LogP contribution in [0.15, 0.2) is 54.9 Å². The van der Waals surface area contributed by atoms with Crippen molar-refractivity contribution in [3.8, 4) is 11.1 Å². The van der Waals surface area contributed by atoms with Crippen molar-refractivity contribution >= 4 is 38.9 Å². The predicted octanol–water partition coefficient (Wildman–Crippen LogP) is 7.38. The maximum atomic E-state index is 14.6. The van der Waals surface area contributed by atoms with Gasteiger partial charge in [-0.15, -0.1) is 11.3 Å². The van der Waals surface area contributed by atoms with E-state index in [1.165, 1.54) is 0 Å². The Labute approximate surface area is 224 Å². The van der Waals surface area contributed by atoms with Gasteiger partial charge < -0.3 is 10.2 Å². The van der Waals surface area contributed by atoms with E-state index in [9.17, 15) is 13.6 Å². The molecule has 1 aliphatic carbocycles. The molecule has 192 valence electrons. The van der Waals surface area contributed by atoms with Crippen molar-refractivity contribution < 1.29 is 13.6 Å². The molecule has 4 nitrogen and oxygen atoms in total. The normalized spacial score (nSPS) is 17.8. The van der Waals surface area contributed by atoms with Gasteiger partial charge in [0.15, 0.2) is 0 Å². The van der Waals surface area contributed by atoms with Crippen molar-refractivity contribution in [3.05, 3.63) is 87.5 Å². The Morgan fingerprint density at radius 2 is 1.76 bits per heavy atom. The van der Waals surface area contributed by atoms with E-state index in [0.29, 0.717) is 12.6 Å². The first kappa shape index (κ1) is 25.8. The average molecular weight is 540 g/mol. The zero-order valence-electron chi connectivity index (χ0n) is 20.7. The minimum Gasteiger partial charge on any atom is -0.331 e. The van der Waals surface area contributed by atoms with Gasteiger partial charge in [0.2, 0.25) is 0 Å². The number of halogens is 3. The Morgan fingerprint density at radius 3 is 2.43 bits per heavy atom. The van der Waals surface area contributed by atoms with E-state index in [2.05, 4.69) is 28.5 Å². The number of carbonyl (C=O) groups excluding carboxylic acids is 1. The maximum absolute atomic E-state index is 14.6. The molecule has 0 atom stereocenters. The topological polar surface area (TPSA) is 45.2 Å². The molecule has 37 heavy (non-hydrogen) atoms. The van der Waals surface area contributed by atoms with Gasteiger partial charge in [0, 0.05) is 31.0 Å². The van der Waals surface area contributed by atoms with E-state index in [0.717, 1.165) is 71.4 Å². The monoisotopic (exact) mass is 539 g/mol. The molecule has 0 aliphatic heterocycles. The molecule has 1 aliphatic rings. The van der Waals surface area contributed by atoms with Crippen molar-refractivity contribution in [2.75, 3.05) is 7.05 Å². The van der Waals surface area contributed by atoms with Gasteiger partial charge in [-0.3, -0.25) is 9.78 Å². The van der Waals surface area contributed by atoms with Gasteiger partial charge in [0.1, 0.15) is 16.5 Å². The lowest BCUT2D eigenvalue weighted by atomic mass is 9.89. The Hall–Kier alpha value is -2.87. The first-order chi connectivity index (χ1) is 17.9. The van der Waals surface area contributed by atoms with Crippen LogP contribution >= 0.6 is 22.9 Å². The fraction of sp³-hybridized carbons (Fsp3) is 0.310. The number of aromatic nitrogens is 1. The molecule has 0 radical (unpaired) electrons. The van der Waals surface area contributed by atoms with Gasteiger partial charge >= 0.3 is 0 Å². The lowest BCUT2D eigenvalue weighted by molar-refractivity contribution is 0.0606. The number of pyridine rings is 1. The van der Waals surface area contributed by atoms with Crippen LogP contribution < -0.4 is 5.32 Å². The molecule has 2 aromatic heterocycles. The predicted molar refractivity (Wildman–Crippen MR) is 146 cm³/mol. The zero-order chi connectivity index (χ0) is 26.1. The standard InChI is InChI=1S/C29H28ClF2N3OS/c1-17-3-4-19(18-11-13-34-14-12-18)15-20(17)16-35(22-7-5-21(33-2)6-8-22)29(36)28-26(30)25-23(31)9-10-24(32)27(25)37-28/h3-4,9-15,21-22,33H,5-8,16H2,1-2H3. The fourth-order valence-corrected chi connectivity index (χ4v) is 6.66. The van der Waals surface area contributed by atoms with Crippen LogP contribution in [0.25, 0.3) is 21.2 Å². The number of hydrogen-bond acceptors (Lipinski definition) is 4. The Kier molecular flexibility index (Phi) is 7.56. The number of rotatable bonds is 6. The van der Waals surface area contributed by atoms with Crippen LogP contribution in [0.4, 0.5) is 8.78 Å². The molecule has 5 rings (SSSR count). The van der Waals surface area contributed by atoms with Crippen molar-refractivity contribution in [2.45, 2.75) is 51.2 Å². The molecule has 4 aromatic rings. The molecule has 0 unspecified atom stereocenters. The van der Waals surface area contributed by atoms with Gasteiger partial charge in [0.05, 0.1) is 15.1 Å². The van der Waals surface area contributed by atoms with Crippen LogP contribution in [0.5, 0.6) is 0 Å². The second-order valence-electron chi connectivity index (χ2n) is 9.58. The van der Waals surface area contributed by atoms with Crippen molar-refractivity contribution in [1.82, 2.24) is 15.2 Å². The van der Waals surface area contributed by atoms with Crippen LogP contribution in [0.2, 0.25) is 5.02 Å². The number of carbonyl (C=O) groups is 1. The van der Waals surface area contributed by atoms with Crippen LogP contribution in [0.3, 0.4) is 0 Å². The summed E-state index contributed by atoms with van der Waals surface area (Å²) in [5.41, 5.74) is 4.17. The summed E-state index contributed by atoms with van der Waals surface area (Å²) in [4.78, 5) is 20.2. The summed E-state index contributed by atoms with van der Waals surface area (Å²) in [5.74, 6) is -1.49. The molecule has 2 heterocycles. The largest absolute Gasteiger partial charge is 0.331 e. The number of nitrogens with zero attached hydrogens (tertiary/aromatic N) is 2. The summed E-state index contributed by atoms with van der Waals surface area (Å²) >= 11 is 7.47. The molecule has 1 amide bonds. The number of benzene rings is 2. The summed E-state index contributed by atoms with van der Waals surface area (Å²) in [6.45, 7) is 2.41. The zero-order valence-corrected chi connectivity index (χ0v) is 22.3. The fourth-order valence-electron chi connectivity index (χ4n) is 5.16. The van der Waals surface area contributed by atoms with Crippen LogP contribution in [-0.2, 0) is 6.54 Å². The summed E-state index contributed by atoms with van der Waals surface area (Å²) < 4.78 is 29.2. The lowest BCUT2D eigenvalue weighted by Gasteiger charge is -2.37. The molecule has 2 aromatic carbocycles. The minimum absolute atomic E-state index is 0.00273. The molecule has 1 N–H and O–H groups in total. The van der Waals surface area contributed by atoms with Crippen LogP contribution in [0, 0.1) is 18.6 Å². The maximum Gasteiger partial charge on any atom is 0.266 e. The summed E-state index contributed by atoms with van der Waals surface area (Å²) in [6.07, 6.45) is 7.09. The number of hydrogen-bond donors (Lipinski definition) is 1. The number of amides is 1. The van der Waals surface area contributed by atoms with E-state index in [1.807, 2.05) is 31.0 Å². The average Bonchev–Trinajstić information content (AvgIpc) is 3.29. The Bertz CT molecular complexity index is 1430. The molecule has 0 spiro atoms. The summed E-state index contributed by atoms with van der Waals surface area (Å²) in [5, 5.41) is 3.30. The van der Waals surface area contributed by atoms with Crippen molar-refractivity contribution in [3.63, 3.8) is 0 Å². The van der Waals surface area contributed by atoms with Gasteiger partial charge in [-0.1, -0.05) is 23.7 Å². The Morgan fingerprint density at radius 1 is 1.05 bits per heavy atom. The van der Waals surface area contributed by atoms with E-state index in [4.69, 9.17) is 11.6 Å². The van der Waals surface area contributed by atoms with Crippen LogP contribution in [0.1, 0.15) is 46.5 Å². The highest BCUT2D eigenvalue weighted by molar-refractivity contribution is 7.21. The molecule has 8 heteroatoms. The van der Waals surface area contributed by atoms with Crippen molar-refractivity contribution in [2.24, 2.45) is 0 Å². The highest BCUT2D eigenvalue weighted by Crippen LogP contribution is 2.40. The minimum atomic E-state index is -0.626. The smallest absolute Gasteiger partial charge is 0.266 e. The summed E-state index contributed by atoms with van der Waals surface area (Å²) in [7, 11) is 1.96. The van der Waals surface area contributed by atoms with E-state index in [-0.39, 0.29) is 31.9 Å². The number of nitrogens with one attached hydrogen (secondary N) is 1. The highest BCUT2D eigenvalue weighted by atomic mass is 35.5. The van der Waals surface area contributed by atoms with Crippen molar-refractivity contribution in [1.29, 1.82) is 0 Å². The highest BCUT2D eigenvalue weighted by Gasteiger charge is 2.32. The third kappa shape index (κ3) is 5.13. The SMILES string of the molecule is CNC1CCC(N(Cc2cc(-c3ccncc3)ccc2C)C(=O)c2sc3c(F)ccc(F)c3c2Cl)CC1.